The Bertz CT molecular complexity index is 903. The monoisotopic (exact) mass is 414 g/mol. The van der Waals surface area contributed by atoms with Crippen molar-refractivity contribution >= 4 is 17.5 Å². The van der Waals surface area contributed by atoms with Crippen LogP contribution >= 0.6 is 0 Å². The van der Waals surface area contributed by atoms with Crippen LogP contribution in [-0.4, -0.2) is 42.1 Å². The average molecular weight is 414 g/mol. The highest BCUT2D eigenvalue weighted by Crippen LogP contribution is 2.72. The minimum absolute atomic E-state index is 0.0687. The van der Waals surface area contributed by atoms with Crippen LogP contribution in [0.3, 0.4) is 0 Å². The first-order valence-electron chi connectivity index (χ1n) is 11.1. The van der Waals surface area contributed by atoms with Crippen molar-refractivity contribution in [3.05, 3.63) is 23.8 Å². The topological polar surface area (TPSA) is 78.9 Å². The van der Waals surface area contributed by atoms with Gasteiger partial charge in [-0.15, -0.1) is 0 Å². The second-order valence-electron chi connectivity index (χ2n) is 10.2. The van der Waals surface area contributed by atoms with Gasteiger partial charge in [0, 0.05) is 10.8 Å². The first-order chi connectivity index (χ1) is 14.1. The van der Waals surface area contributed by atoms with Crippen LogP contribution < -0.4 is 0 Å². The Morgan fingerprint density at radius 3 is 2.60 bits per heavy atom. The second-order valence-corrected chi connectivity index (χ2v) is 10.2. The smallest absolute Gasteiger partial charge is 0.377 e. The zero-order valence-corrected chi connectivity index (χ0v) is 18.2. The fourth-order valence-corrected chi connectivity index (χ4v) is 7.88. The summed E-state index contributed by atoms with van der Waals surface area (Å²) in [6, 6.07) is 0. The van der Waals surface area contributed by atoms with Gasteiger partial charge in [-0.1, -0.05) is 25.5 Å². The van der Waals surface area contributed by atoms with E-state index in [-0.39, 0.29) is 17.1 Å². The zero-order valence-electron chi connectivity index (χ0n) is 18.2. The maximum absolute atomic E-state index is 13.3. The minimum Gasteiger partial charge on any atom is -0.463 e. The fraction of sp³-hybridized carbons (Fsp3) is 0.708. The Balaban J connectivity index is 1.61. The highest BCUT2D eigenvalue weighted by atomic mass is 16.7. The van der Waals surface area contributed by atoms with Gasteiger partial charge in [-0.05, 0) is 69.4 Å². The molecule has 30 heavy (non-hydrogen) atoms. The molecule has 0 N–H and O–H groups in total. The Labute approximate surface area is 177 Å². The van der Waals surface area contributed by atoms with Crippen molar-refractivity contribution in [1.82, 2.24) is 0 Å². The van der Waals surface area contributed by atoms with Crippen LogP contribution in [0.1, 0.15) is 59.3 Å². The number of ketones is 2. The molecule has 0 aromatic heterocycles. The standard InChI is InChI=1S/C24H30O6/c1-14-29-23-11-12-24(30-14,19(26)20(27)28-4)22(23,3)10-8-17-18(23)6-5-15-13-16(25)7-9-21(15,17)2/h7,9,13-14,17-18H,5-6,8,10-12H2,1-4H3/t14?,17-,18+,21-,22-,23+,24+/m0/s1. The maximum Gasteiger partial charge on any atom is 0.377 e. The summed E-state index contributed by atoms with van der Waals surface area (Å²) in [6.45, 7) is 6.14. The molecule has 162 valence electrons. The Morgan fingerprint density at radius 2 is 1.87 bits per heavy atom. The van der Waals surface area contributed by atoms with Crippen LogP contribution in [0.4, 0.5) is 0 Å². The van der Waals surface area contributed by atoms with Crippen molar-refractivity contribution in [2.75, 3.05) is 7.11 Å². The van der Waals surface area contributed by atoms with Crippen molar-refractivity contribution in [3.8, 4) is 0 Å². The number of allylic oxidation sites excluding steroid dienone is 4. The SMILES string of the molecule is COC(=O)C(=O)[C@@]12CC[C@@]3(OC(C)O1)[C@@H]1CCC4=CC(=O)C=C[C@]4(C)[C@H]1CC[C@]23C. The van der Waals surface area contributed by atoms with Crippen molar-refractivity contribution in [2.24, 2.45) is 22.7 Å². The van der Waals surface area contributed by atoms with Crippen molar-refractivity contribution in [2.45, 2.75) is 76.8 Å². The average Bonchev–Trinajstić information content (AvgIpc) is 2.85. The van der Waals surface area contributed by atoms with Crippen molar-refractivity contribution in [1.29, 1.82) is 0 Å². The number of hydrogen-bond acceptors (Lipinski definition) is 6. The lowest BCUT2D eigenvalue weighted by atomic mass is 9.45. The van der Waals surface area contributed by atoms with E-state index < -0.39 is 34.7 Å². The molecule has 1 saturated heterocycles. The van der Waals surface area contributed by atoms with Crippen LogP contribution in [0.2, 0.25) is 0 Å². The van der Waals surface area contributed by atoms with Crippen molar-refractivity contribution < 1.29 is 28.6 Å². The minimum atomic E-state index is -1.20. The van der Waals surface area contributed by atoms with Gasteiger partial charge in [-0.2, -0.15) is 0 Å². The predicted molar refractivity (Wildman–Crippen MR) is 107 cm³/mol. The van der Waals surface area contributed by atoms with E-state index in [0.717, 1.165) is 25.7 Å². The molecule has 5 rings (SSSR count). The van der Waals surface area contributed by atoms with E-state index in [2.05, 4.69) is 19.9 Å². The largest absolute Gasteiger partial charge is 0.463 e. The lowest BCUT2D eigenvalue weighted by Crippen LogP contribution is -2.72. The molecule has 0 aromatic rings. The molecule has 0 spiro atoms. The summed E-state index contributed by atoms with van der Waals surface area (Å²) in [5, 5.41) is 0. The number of esters is 1. The van der Waals surface area contributed by atoms with Gasteiger partial charge >= 0.3 is 5.97 Å². The third-order valence-electron chi connectivity index (χ3n) is 9.29. The number of ether oxygens (including phenoxy) is 3. The van der Waals surface area contributed by atoms with E-state index in [1.165, 1.54) is 12.7 Å². The number of carbonyl (C=O) groups is 3. The van der Waals surface area contributed by atoms with Crippen LogP contribution in [0.5, 0.6) is 0 Å². The molecule has 2 bridgehead atoms. The summed E-state index contributed by atoms with van der Waals surface area (Å²) in [4.78, 5) is 37.6. The molecule has 0 aromatic carbocycles. The van der Waals surface area contributed by atoms with Crippen molar-refractivity contribution in [3.63, 3.8) is 0 Å². The Kier molecular flexibility index (Phi) is 4.12. The number of methoxy groups -OCH3 is 1. The Morgan fingerprint density at radius 1 is 1.10 bits per heavy atom. The lowest BCUT2D eigenvalue weighted by molar-refractivity contribution is -0.362. The lowest BCUT2D eigenvalue weighted by Gasteiger charge is -2.65. The first kappa shape index (κ1) is 20.1. The van der Waals surface area contributed by atoms with Gasteiger partial charge in [-0.25, -0.2) is 4.79 Å². The van der Waals surface area contributed by atoms with E-state index in [4.69, 9.17) is 14.2 Å². The first-order valence-corrected chi connectivity index (χ1v) is 11.1. The quantitative estimate of drug-likeness (QED) is 0.510. The normalized spacial score (nSPS) is 48.9. The van der Waals surface area contributed by atoms with E-state index in [0.29, 0.717) is 18.8 Å². The molecule has 6 heteroatoms. The molecular weight excluding hydrogens is 384 g/mol. The Hall–Kier alpha value is -1.79. The second kappa shape index (κ2) is 6.13. The number of fused-ring (bicyclic) bond motifs is 3. The van der Waals surface area contributed by atoms with Gasteiger partial charge < -0.3 is 14.2 Å². The van der Waals surface area contributed by atoms with Gasteiger partial charge in [0.2, 0.25) is 0 Å². The summed E-state index contributed by atoms with van der Waals surface area (Å²) in [5.41, 5.74) is -1.27. The number of hydrogen-bond donors (Lipinski definition) is 0. The molecule has 5 aliphatic rings. The fourth-order valence-electron chi connectivity index (χ4n) is 7.88. The molecule has 4 fully saturated rings. The van der Waals surface area contributed by atoms with Gasteiger partial charge in [-0.3, -0.25) is 9.59 Å². The van der Waals surface area contributed by atoms with Crippen LogP contribution in [-0.2, 0) is 28.6 Å². The molecule has 1 aliphatic heterocycles. The van der Waals surface area contributed by atoms with Crippen LogP contribution in [0, 0.1) is 22.7 Å². The molecule has 1 unspecified atom stereocenters. The molecule has 3 saturated carbocycles. The maximum atomic E-state index is 13.3. The van der Waals surface area contributed by atoms with Gasteiger partial charge in [0.25, 0.3) is 5.78 Å². The number of carbonyl (C=O) groups excluding carboxylic acids is 3. The molecule has 7 atom stereocenters. The van der Waals surface area contributed by atoms with Crippen LogP contribution in [0.25, 0.3) is 0 Å². The third-order valence-corrected chi connectivity index (χ3v) is 9.29. The van der Waals surface area contributed by atoms with Gasteiger partial charge in [0.05, 0.1) is 12.7 Å². The molecule has 6 nitrogen and oxygen atoms in total. The zero-order chi connectivity index (χ0) is 21.5. The number of Topliss-reactive ketones (excluding diaryl/α,β-unsaturated/α-hetero) is 1. The van der Waals surface area contributed by atoms with Gasteiger partial charge in [0.1, 0.15) is 5.60 Å². The third kappa shape index (κ3) is 2.14. The van der Waals surface area contributed by atoms with Crippen LogP contribution in [0.15, 0.2) is 23.8 Å². The number of rotatable bonds is 2. The predicted octanol–water partition coefficient (Wildman–Crippen LogP) is 3.29. The summed E-state index contributed by atoms with van der Waals surface area (Å²) >= 11 is 0. The van der Waals surface area contributed by atoms with E-state index in [9.17, 15) is 14.4 Å². The van der Waals surface area contributed by atoms with Gasteiger partial charge in [0.15, 0.2) is 12.1 Å². The summed E-state index contributed by atoms with van der Waals surface area (Å²) in [5.74, 6) is -0.787. The summed E-state index contributed by atoms with van der Waals surface area (Å²) in [7, 11) is 1.24. The summed E-state index contributed by atoms with van der Waals surface area (Å²) < 4.78 is 17.7. The highest BCUT2D eigenvalue weighted by molar-refractivity contribution is 6.37. The molecule has 0 amide bonds. The van der Waals surface area contributed by atoms with E-state index in [1.54, 1.807) is 6.08 Å². The molecule has 0 radical (unpaired) electrons. The highest BCUT2D eigenvalue weighted by Gasteiger charge is 2.78. The van der Waals surface area contributed by atoms with E-state index in [1.807, 2.05) is 13.0 Å². The molecule has 1 heterocycles. The summed E-state index contributed by atoms with van der Waals surface area (Å²) in [6.07, 6.45) is 9.58. The van der Waals surface area contributed by atoms with E-state index >= 15 is 0 Å². The molecular formula is C24H30O6. The molecule has 4 aliphatic carbocycles.